The van der Waals surface area contributed by atoms with Crippen LogP contribution in [0.5, 0.6) is 0 Å². The smallest absolute Gasteiger partial charge is 0.221 e. The van der Waals surface area contributed by atoms with Gasteiger partial charge in [-0.1, -0.05) is 49.6 Å². The van der Waals surface area contributed by atoms with Crippen molar-refractivity contribution in [1.82, 2.24) is 5.32 Å². The molecule has 0 aromatic heterocycles. The van der Waals surface area contributed by atoms with E-state index in [4.69, 9.17) is 11.6 Å². The first kappa shape index (κ1) is 14.5. The zero-order chi connectivity index (χ0) is 13.6. The fraction of sp³-hybridized carbons (Fsp3) is 0.562. The van der Waals surface area contributed by atoms with Crippen molar-refractivity contribution in [2.75, 3.05) is 6.54 Å². The Morgan fingerprint density at radius 3 is 2.47 bits per heavy atom. The van der Waals surface area contributed by atoms with Crippen LogP contribution >= 0.6 is 11.6 Å². The van der Waals surface area contributed by atoms with E-state index in [1.165, 1.54) is 37.7 Å². The maximum absolute atomic E-state index is 10.8. The zero-order valence-electron chi connectivity index (χ0n) is 11.3. The van der Waals surface area contributed by atoms with E-state index in [0.717, 1.165) is 13.0 Å². The molecule has 3 heteroatoms. The quantitative estimate of drug-likeness (QED) is 0.630. The molecule has 19 heavy (non-hydrogen) atoms. The number of carbonyl (C=O) groups is 1. The summed E-state index contributed by atoms with van der Waals surface area (Å²) in [6.45, 7) is 0.855. The Labute approximate surface area is 120 Å². The van der Waals surface area contributed by atoms with Gasteiger partial charge in [0, 0.05) is 12.0 Å². The molecule has 0 unspecified atom stereocenters. The normalized spacial score (nSPS) is 18.2. The Balaban J connectivity index is 2.01. The molecule has 0 amide bonds. The molecule has 1 N–H and O–H groups in total. The van der Waals surface area contributed by atoms with Crippen molar-refractivity contribution in [2.45, 2.75) is 50.5 Å². The molecule has 0 bridgehead atoms. The predicted octanol–water partition coefficient (Wildman–Crippen LogP) is 3.98. The molecule has 104 valence electrons. The summed E-state index contributed by atoms with van der Waals surface area (Å²) in [5, 5.41) is 3.46. The highest BCUT2D eigenvalue weighted by Gasteiger charge is 2.32. The molecular weight excluding hydrogens is 258 g/mol. The standard InChI is InChI=1S/C16H22ClNO/c17-15(19)10-7-13-18-16(11-5-2-6-12-16)14-8-3-1-4-9-14/h1,3-4,8-9,18H,2,5-7,10-13H2. The van der Waals surface area contributed by atoms with Crippen molar-refractivity contribution in [2.24, 2.45) is 0 Å². The summed E-state index contributed by atoms with van der Waals surface area (Å²) in [6.07, 6.45) is 7.52. The number of halogens is 1. The summed E-state index contributed by atoms with van der Waals surface area (Å²) in [7, 11) is 0. The first-order valence-corrected chi connectivity index (χ1v) is 7.60. The minimum Gasteiger partial charge on any atom is -0.307 e. The molecule has 0 heterocycles. The molecule has 0 saturated heterocycles. The fourth-order valence-corrected chi connectivity index (χ4v) is 3.17. The third-order valence-electron chi connectivity index (χ3n) is 4.05. The van der Waals surface area contributed by atoms with Crippen molar-refractivity contribution in [3.05, 3.63) is 35.9 Å². The zero-order valence-corrected chi connectivity index (χ0v) is 12.1. The van der Waals surface area contributed by atoms with Crippen LogP contribution in [0.15, 0.2) is 30.3 Å². The third kappa shape index (κ3) is 4.05. The van der Waals surface area contributed by atoms with E-state index in [-0.39, 0.29) is 10.8 Å². The molecule has 1 aliphatic rings. The van der Waals surface area contributed by atoms with Gasteiger partial charge in [0.1, 0.15) is 0 Å². The minimum atomic E-state index is -0.237. The van der Waals surface area contributed by atoms with Gasteiger partial charge in [0.05, 0.1) is 0 Å². The summed E-state index contributed by atoms with van der Waals surface area (Å²) in [5.74, 6) is 0. The van der Waals surface area contributed by atoms with Gasteiger partial charge >= 0.3 is 0 Å². The summed E-state index contributed by atoms with van der Waals surface area (Å²) < 4.78 is 0. The van der Waals surface area contributed by atoms with Gasteiger partial charge in [-0.3, -0.25) is 4.79 Å². The Kier molecular flexibility index (Phi) is 5.41. The Morgan fingerprint density at radius 2 is 1.84 bits per heavy atom. The minimum absolute atomic E-state index is 0.106. The summed E-state index contributed by atoms with van der Waals surface area (Å²) in [6, 6.07) is 10.7. The van der Waals surface area contributed by atoms with E-state index in [2.05, 4.69) is 35.6 Å². The average molecular weight is 280 g/mol. The van der Waals surface area contributed by atoms with Crippen LogP contribution in [0.1, 0.15) is 50.5 Å². The second kappa shape index (κ2) is 7.06. The molecule has 0 aliphatic heterocycles. The number of carbonyl (C=O) groups excluding carboxylic acids is 1. The maximum Gasteiger partial charge on any atom is 0.221 e. The Morgan fingerprint density at radius 1 is 1.16 bits per heavy atom. The lowest BCUT2D eigenvalue weighted by Gasteiger charge is -2.39. The molecule has 0 spiro atoms. The fourth-order valence-electron chi connectivity index (χ4n) is 3.04. The first-order chi connectivity index (χ1) is 9.23. The highest BCUT2D eigenvalue weighted by molar-refractivity contribution is 6.63. The van der Waals surface area contributed by atoms with Crippen molar-refractivity contribution in [3.63, 3.8) is 0 Å². The van der Waals surface area contributed by atoms with E-state index in [0.29, 0.717) is 6.42 Å². The number of rotatable bonds is 6. The number of hydrogen-bond acceptors (Lipinski definition) is 2. The highest BCUT2D eigenvalue weighted by Crippen LogP contribution is 2.36. The average Bonchev–Trinajstić information content (AvgIpc) is 2.45. The SMILES string of the molecule is O=C(Cl)CCCNC1(c2ccccc2)CCCCC1. The number of hydrogen-bond donors (Lipinski definition) is 1. The maximum atomic E-state index is 10.8. The van der Waals surface area contributed by atoms with Crippen LogP contribution in [0.4, 0.5) is 0 Å². The molecule has 0 radical (unpaired) electrons. The lowest BCUT2D eigenvalue weighted by atomic mass is 9.76. The van der Waals surface area contributed by atoms with Crippen LogP contribution in [0.25, 0.3) is 0 Å². The van der Waals surface area contributed by atoms with Crippen LogP contribution in [0, 0.1) is 0 Å². The molecule has 0 atom stereocenters. The van der Waals surface area contributed by atoms with E-state index >= 15 is 0 Å². The number of benzene rings is 1. The van der Waals surface area contributed by atoms with Gasteiger partial charge in [0.25, 0.3) is 0 Å². The Hall–Kier alpha value is -0.860. The highest BCUT2D eigenvalue weighted by atomic mass is 35.5. The molecule has 1 aliphatic carbocycles. The van der Waals surface area contributed by atoms with Gasteiger partial charge in [-0.25, -0.2) is 0 Å². The van der Waals surface area contributed by atoms with Gasteiger partial charge in [0.2, 0.25) is 5.24 Å². The van der Waals surface area contributed by atoms with E-state index in [1.807, 2.05) is 0 Å². The van der Waals surface area contributed by atoms with Crippen molar-refractivity contribution in [3.8, 4) is 0 Å². The van der Waals surface area contributed by atoms with Crippen LogP contribution in [0.2, 0.25) is 0 Å². The van der Waals surface area contributed by atoms with Gasteiger partial charge in [-0.15, -0.1) is 0 Å². The Bertz CT molecular complexity index is 398. The van der Waals surface area contributed by atoms with Crippen molar-refractivity contribution in [1.29, 1.82) is 0 Å². The molecule has 2 nitrogen and oxygen atoms in total. The predicted molar refractivity (Wildman–Crippen MR) is 79.3 cm³/mol. The monoisotopic (exact) mass is 279 g/mol. The molecule has 2 rings (SSSR count). The lowest BCUT2D eigenvalue weighted by molar-refractivity contribution is -0.111. The molecule has 1 aromatic rings. The van der Waals surface area contributed by atoms with E-state index in [9.17, 15) is 4.79 Å². The topological polar surface area (TPSA) is 29.1 Å². The third-order valence-corrected chi connectivity index (χ3v) is 4.24. The van der Waals surface area contributed by atoms with Gasteiger partial charge < -0.3 is 5.32 Å². The summed E-state index contributed by atoms with van der Waals surface area (Å²) in [4.78, 5) is 10.8. The molecule has 1 saturated carbocycles. The summed E-state index contributed by atoms with van der Waals surface area (Å²) >= 11 is 5.38. The van der Waals surface area contributed by atoms with E-state index in [1.54, 1.807) is 0 Å². The first-order valence-electron chi connectivity index (χ1n) is 7.22. The molecule has 1 aromatic carbocycles. The van der Waals surface area contributed by atoms with Crippen molar-refractivity contribution >= 4 is 16.8 Å². The molecule has 1 fully saturated rings. The number of nitrogens with one attached hydrogen (secondary N) is 1. The largest absolute Gasteiger partial charge is 0.307 e. The van der Waals surface area contributed by atoms with Gasteiger partial charge in [-0.2, -0.15) is 0 Å². The van der Waals surface area contributed by atoms with Crippen LogP contribution in [0.3, 0.4) is 0 Å². The second-order valence-electron chi connectivity index (χ2n) is 5.39. The van der Waals surface area contributed by atoms with Crippen LogP contribution < -0.4 is 5.32 Å². The lowest BCUT2D eigenvalue weighted by Crippen LogP contribution is -2.44. The van der Waals surface area contributed by atoms with E-state index < -0.39 is 0 Å². The van der Waals surface area contributed by atoms with Gasteiger partial charge in [0.15, 0.2) is 0 Å². The second-order valence-corrected chi connectivity index (χ2v) is 5.82. The molecular formula is C16H22ClNO. The van der Waals surface area contributed by atoms with Crippen LogP contribution in [-0.4, -0.2) is 11.8 Å². The van der Waals surface area contributed by atoms with Crippen LogP contribution in [-0.2, 0) is 10.3 Å². The summed E-state index contributed by atoms with van der Waals surface area (Å²) in [5.41, 5.74) is 1.49. The van der Waals surface area contributed by atoms with Gasteiger partial charge in [-0.05, 0) is 43.0 Å². The van der Waals surface area contributed by atoms with Crippen molar-refractivity contribution < 1.29 is 4.79 Å².